The summed E-state index contributed by atoms with van der Waals surface area (Å²) in [6, 6.07) is 2.73. The highest BCUT2D eigenvalue weighted by Gasteiger charge is 2.33. The van der Waals surface area contributed by atoms with Gasteiger partial charge in [0.05, 0.1) is 12.0 Å². The minimum Gasteiger partial charge on any atom is -0.488 e. The molecule has 150 valence electrons. The SMILES string of the molecule is CC(COc1ccc(F)cc1F)NC(=O)C1CCCN(C(=O)C(C)(C)C)C1. The summed E-state index contributed by atoms with van der Waals surface area (Å²) in [6.45, 7) is 8.49. The average Bonchev–Trinajstić information content (AvgIpc) is 2.59. The smallest absolute Gasteiger partial charge is 0.227 e. The van der Waals surface area contributed by atoms with Crippen molar-refractivity contribution in [1.29, 1.82) is 0 Å². The second-order valence-corrected chi connectivity index (χ2v) is 8.14. The predicted molar refractivity (Wildman–Crippen MR) is 98.2 cm³/mol. The maximum Gasteiger partial charge on any atom is 0.227 e. The molecule has 5 nitrogen and oxygen atoms in total. The van der Waals surface area contributed by atoms with E-state index in [1.165, 1.54) is 6.07 Å². The van der Waals surface area contributed by atoms with E-state index < -0.39 is 17.0 Å². The Morgan fingerprint density at radius 2 is 2.04 bits per heavy atom. The zero-order valence-electron chi connectivity index (χ0n) is 16.4. The molecule has 7 heteroatoms. The van der Waals surface area contributed by atoms with Crippen LogP contribution in [-0.2, 0) is 9.59 Å². The van der Waals surface area contributed by atoms with Crippen LogP contribution in [-0.4, -0.2) is 42.5 Å². The van der Waals surface area contributed by atoms with Gasteiger partial charge >= 0.3 is 0 Å². The molecule has 1 aromatic rings. The lowest BCUT2D eigenvalue weighted by Gasteiger charge is -2.36. The van der Waals surface area contributed by atoms with Gasteiger partial charge in [0.2, 0.25) is 11.8 Å². The molecule has 0 aromatic heterocycles. The molecular formula is C20H28F2N2O3. The fourth-order valence-electron chi connectivity index (χ4n) is 3.06. The lowest BCUT2D eigenvalue weighted by molar-refractivity contribution is -0.142. The van der Waals surface area contributed by atoms with Gasteiger partial charge in [-0.15, -0.1) is 0 Å². The third-order valence-corrected chi connectivity index (χ3v) is 4.49. The fraction of sp³-hybridized carbons (Fsp3) is 0.600. The Morgan fingerprint density at radius 3 is 2.67 bits per heavy atom. The van der Waals surface area contributed by atoms with Gasteiger partial charge in [0, 0.05) is 24.6 Å². The Bertz CT molecular complexity index is 688. The Hall–Kier alpha value is -2.18. The van der Waals surface area contributed by atoms with Crippen molar-refractivity contribution in [2.45, 2.75) is 46.6 Å². The van der Waals surface area contributed by atoms with Gasteiger partial charge in [-0.25, -0.2) is 8.78 Å². The second-order valence-electron chi connectivity index (χ2n) is 8.14. The van der Waals surface area contributed by atoms with Crippen molar-refractivity contribution < 1.29 is 23.1 Å². The molecule has 0 radical (unpaired) electrons. The summed E-state index contributed by atoms with van der Waals surface area (Å²) in [5.41, 5.74) is -0.473. The van der Waals surface area contributed by atoms with Crippen LogP contribution in [0.2, 0.25) is 0 Å². The first-order valence-corrected chi connectivity index (χ1v) is 9.25. The number of nitrogens with one attached hydrogen (secondary N) is 1. The van der Waals surface area contributed by atoms with Crippen molar-refractivity contribution in [2.24, 2.45) is 11.3 Å². The molecule has 27 heavy (non-hydrogen) atoms. The number of piperidine rings is 1. The van der Waals surface area contributed by atoms with Crippen molar-refractivity contribution in [1.82, 2.24) is 10.2 Å². The molecule has 1 N–H and O–H groups in total. The predicted octanol–water partition coefficient (Wildman–Crippen LogP) is 3.13. The summed E-state index contributed by atoms with van der Waals surface area (Å²) in [5.74, 6) is -1.88. The highest BCUT2D eigenvalue weighted by Crippen LogP contribution is 2.24. The molecule has 0 bridgehead atoms. The molecule has 1 aliphatic rings. The molecule has 0 spiro atoms. The van der Waals surface area contributed by atoms with Crippen LogP contribution in [0.5, 0.6) is 5.75 Å². The summed E-state index contributed by atoms with van der Waals surface area (Å²) >= 11 is 0. The number of likely N-dealkylation sites (tertiary alicyclic amines) is 1. The summed E-state index contributed by atoms with van der Waals surface area (Å²) in [6.07, 6.45) is 1.51. The van der Waals surface area contributed by atoms with Gasteiger partial charge in [0.1, 0.15) is 12.4 Å². The third-order valence-electron chi connectivity index (χ3n) is 4.49. The Morgan fingerprint density at radius 1 is 1.33 bits per heavy atom. The van der Waals surface area contributed by atoms with Crippen molar-refractivity contribution in [3.8, 4) is 5.75 Å². The summed E-state index contributed by atoms with van der Waals surface area (Å²) in [4.78, 5) is 26.7. The van der Waals surface area contributed by atoms with Crippen LogP contribution >= 0.6 is 0 Å². The highest BCUT2D eigenvalue weighted by atomic mass is 19.1. The van der Waals surface area contributed by atoms with E-state index in [0.29, 0.717) is 13.1 Å². The maximum atomic E-state index is 13.6. The van der Waals surface area contributed by atoms with Crippen LogP contribution in [0.1, 0.15) is 40.5 Å². The number of ether oxygens (including phenoxy) is 1. The van der Waals surface area contributed by atoms with E-state index in [0.717, 1.165) is 25.0 Å². The number of carbonyl (C=O) groups excluding carboxylic acids is 2. The molecule has 1 heterocycles. The molecule has 0 aliphatic carbocycles. The topological polar surface area (TPSA) is 58.6 Å². The first-order valence-electron chi connectivity index (χ1n) is 9.25. The number of rotatable bonds is 5. The fourth-order valence-corrected chi connectivity index (χ4v) is 3.06. The first kappa shape index (κ1) is 21.1. The van der Waals surface area contributed by atoms with Crippen LogP contribution < -0.4 is 10.1 Å². The number of carbonyl (C=O) groups is 2. The zero-order valence-corrected chi connectivity index (χ0v) is 16.4. The lowest BCUT2D eigenvalue weighted by atomic mass is 9.91. The van der Waals surface area contributed by atoms with E-state index in [4.69, 9.17) is 4.74 Å². The Labute approximate surface area is 159 Å². The Kier molecular flexibility index (Phi) is 6.78. The van der Waals surface area contributed by atoms with E-state index in [-0.39, 0.29) is 36.1 Å². The molecule has 2 amide bonds. The molecule has 1 aromatic carbocycles. The van der Waals surface area contributed by atoms with Gasteiger partial charge in [-0.1, -0.05) is 20.8 Å². The highest BCUT2D eigenvalue weighted by molar-refractivity contribution is 5.84. The minimum absolute atomic E-state index is 0.0446. The van der Waals surface area contributed by atoms with Crippen molar-refractivity contribution in [3.63, 3.8) is 0 Å². The number of hydrogen-bond donors (Lipinski definition) is 1. The molecule has 2 atom stereocenters. The monoisotopic (exact) mass is 382 g/mol. The van der Waals surface area contributed by atoms with E-state index in [9.17, 15) is 18.4 Å². The normalized spacial score (nSPS) is 18.7. The van der Waals surface area contributed by atoms with Gasteiger partial charge in [-0.2, -0.15) is 0 Å². The van der Waals surface area contributed by atoms with Crippen LogP contribution in [0, 0.1) is 23.0 Å². The van der Waals surface area contributed by atoms with E-state index in [1.54, 1.807) is 11.8 Å². The largest absolute Gasteiger partial charge is 0.488 e. The Balaban J connectivity index is 1.85. The minimum atomic E-state index is -0.780. The number of nitrogens with zero attached hydrogens (tertiary/aromatic N) is 1. The maximum absolute atomic E-state index is 13.6. The van der Waals surface area contributed by atoms with Gasteiger partial charge in [-0.3, -0.25) is 9.59 Å². The third kappa shape index (κ3) is 5.91. The van der Waals surface area contributed by atoms with Crippen molar-refractivity contribution in [3.05, 3.63) is 29.8 Å². The zero-order chi connectivity index (χ0) is 20.2. The van der Waals surface area contributed by atoms with E-state index in [1.807, 2.05) is 20.8 Å². The van der Waals surface area contributed by atoms with Crippen LogP contribution in [0.15, 0.2) is 18.2 Å². The van der Waals surface area contributed by atoms with Gasteiger partial charge < -0.3 is 15.0 Å². The molecule has 1 fully saturated rings. The number of amides is 2. The summed E-state index contributed by atoms with van der Waals surface area (Å²) in [5, 5.41) is 2.85. The van der Waals surface area contributed by atoms with Crippen LogP contribution in [0.25, 0.3) is 0 Å². The van der Waals surface area contributed by atoms with Crippen molar-refractivity contribution >= 4 is 11.8 Å². The first-order chi connectivity index (χ1) is 12.6. The van der Waals surface area contributed by atoms with E-state index in [2.05, 4.69) is 5.32 Å². The molecule has 2 unspecified atom stereocenters. The molecule has 1 saturated heterocycles. The van der Waals surface area contributed by atoms with Gasteiger partial charge in [0.15, 0.2) is 11.6 Å². The number of halogens is 2. The van der Waals surface area contributed by atoms with Crippen molar-refractivity contribution in [2.75, 3.05) is 19.7 Å². The molecule has 2 rings (SSSR count). The molecule has 1 aliphatic heterocycles. The number of benzene rings is 1. The molecule has 0 saturated carbocycles. The lowest BCUT2D eigenvalue weighted by Crippen LogP contribution is -2.50. The van der Waals surface area contributed by atoms with Gasteiger partial charge in [0.25, 0.3) is 0 Å². The van der Waals surface area contributed by atoms with E-state index >= 15 is 0 Å². The van der Waals surface area contributed by atoms with Crippen LogP contribution in [0.3, 0.4) is 0 Å². The summed E-state index contributed by atoms with van der Waals surface area (Å²) < 4.78 is 31.8. The second kappa shape index (κ2) is 8.67. The summed E-state index contributed by atoms with van der Waals surface area (Å²) in [7, 11) is 0. The van der Waals surface area contributed by atoms with Gasteiger partial charge in [-0.05, 0) is 31.9 Å². The molecular weight excluding hydrogens is 354 g/mol. The quantitative estimate of drug-likeness (QED) is 0.851. The van der Waals surface area contributed by atoms with Crippen LogP contribution in [0.4, 0.5) is 8.78 Å². The number of hydrogen-bond acceptors (Lipinski definition) is 3. The average molecular weight is 382 g/mol. The standard InChI is InChI=1S/C20H28F2N2O3/c1-13(12-27-17-8-7-15(21)10-16(17)22)23-18(25)14-6-5-9-24(11-14)19(26)20(2,3)4/h7-8,10,13-14H,5-6,9,11-12H2,1-4H3,(H,23,25).